The van der Waals surface area contributed by atoms with E-state index in [-0.39, 0.29) is 24.5 Å². The summed E-state index contributed by atoms with van der Waals surface area (Å²) in [4.78, 5) is 40.0. The highest BCUT2D eigenvalue weighted by Crippen LogP contribution is 2.21. The van der Waals surface area contributed by atoms with Gasteiger partial charge in [0.2, 0.25) is 18.2 Å². The van der Waals surface area contributed by atoms with Gasteiger partial charge in [0.05, 0.1) is 6.10 Å². The molecule has 0 radical (unpaired) electrons. The van der Waals surface area contributed by atoms with Gasteiger partial charge in [-0.15, -0.1) is 0 Å². The van der Waals surface area contributed by atoms with Crippen molar-refractivity contribution in [2.24, 2.45) is 0 Å². The number of nitrogens with zero attached hydrogens (tertiary/aromatic N) is 3. The molecule has 0 aromatic heterocycles. The molecular formula is C18H25N3O4. The Labute approximate surface area is 148 Å². The van der Waals surface area contributed by atoms with Gasteiger partial charge in [0.1, 0.15) is 12.3 Å². The van der Waals surface area contributed by atoms with Gasteiger partial charge >= 0.3 is 0 Å². The van der Waals surface area contributed by atoms with Crippen molar-refractivity contribution < 1.29 is 19.1 Å². The highest BCUT2D eigenvalue weighted by Gasteiger charge is 2.23. The summed E-state index contributed by atoms with van der Waals surface area (Å²) in [5.41, 5.74) is 0.656. The molecule has 7 heteroatoms. The number of benzene rings is 1. The van der Waals surface area contributed by atoms with Crippen molar-refractivity contribution in [2.75, 3.05) is 37.6 Å². The van der Waals surface area contributed by atoms with E-state index in [4.69, 9.17) is 4.74 Å². The van der Waals surface area contributed by atoms with E-state index in [9.17, 15) is 14.4 Å². The Balaban J connectivity index is 2.02. The third-order valence-corrected chi connectivity index (χ3v) is 4.01. The van der Waals surface area contributed by atoms with E-state index in [0.717, 1.165) is 12.2 Å². The Bertz CT molecular complexity index is 607. The van der Waals surface area contributed by atoms with E-state index < -0.39 is 0 Å². The number of piperazine rings is 1. The first-order chi connectivity index (χ1) is 11.9. The molecule has 1 aromatic rings. The summed E-state index contributed by atoms with van der Waals surface area (Å²) in [5, 5.41) is 0. The fraction of sp³-hybridized carbons (Fsp3) is 0.500. The Morgan fingerprint density at radius 3 is 2.24 bits per heavy atom. The minimum Gasteiger partial charge on any atom is -0.491 e. The highest BCUT2D eigenvalue weighted by atomic mass is 16.5. The van der Waals surface area contributed by atoms with Crippen molar-refractivity contribution in [1.82, 2.24) is 9.80 Å². The molecule has 1 heterocycles. The molecule has 0 N–H and O–H groups in total. The second-order valence-corrected chi connectivity index (χ2v) is 6.29. The van der Waals surface area contributed by atoms with E-state index in [2.05, 4.69) is 0 Å². The van der Waals surface area contributed by atoms with Crippen molar-refractivity contribution in [3.8, 4) is 5.75 Å². The van der Waals surface area contributed by atoms with E-state index in [1.54, 1.807) is 34.1 Å². The molecule has 0 unspecified atom stereocenters. The topological polar surface area (TPSA) is 70.2 Å². The number of anilines is 1. The van der Waals surface area contributed by atoms with Gasteiger partial charge in [0.25, 0.3) is 0 Å². The van der Waals surface area contributed by atoms with Crippen molar-refractivity contribution in [3.05, 3.63) is 24.3 Å². The van der Waals surface area contributed by atoms with Crippen LogP contribution < -0.4 is 9.64 Å². The van der Waals surface area contributed by atoms with Gasteiger partial charge in [-0.25, -0.2) is 0 Å². The average Bonchev–Trinajstić information content (AvgIpc) is 2.59. The fourth-order valence-electron chi connectivity index (χ4n) is 2.67. The SMILES string of the molecule is CC(=O)N(CC(=O)N1CCN(C=O)CC1)c1ccc(OC(C)C)cc1. The Kier molecular flexibility index (Phi) is 6.38. The molecule has 136 valence electrons. The molecule has 1 aliphatic rings. The number of hydrogen-bond acceptors (Lipinski definition) is 4. The molecule has 0 aliphatic carbocycles. The van der Waals surface area contributed by atoms with Gasteiger partial charge in [0, 0.05) is 38.8 Å². The van der Waals surface area contributed by atoms with E-state index >= 15 is 0 Å². The molecule has 1 saturated heterocycles. The molecule has 1 fully saturated rings. The summed E-state index contributed by atoms with van der Waals surface area (Å²) in [7, 11) is 0. The monoisotopic (exact) mass is 347 g/mol. The summed E-state index contributed by atoms with van der Waals surface area (Å²) >= 11 is 0. The first-order valence-electron chi connectivity index (χ1n) is 8.42. The molecule has 0 saturated carbocycles. The zero-order valence-electron chi connectivity index (χ0n) is 15.0. The number of carbonyl (C=O) groups is 3. The van der Waals surface area contributed by atoms with Gasteiger partial charge < -0.3 is 19.4 Å². The lowest BCUT2D eigenvalue weighted by atomic mass is 10.2. The molecule has 0 atom stereocenters. The molecular weight excluding hydrogens is 322 g/mol. The first kappa shape index (κ1) is 18.8. The van der Waals surface area contributed by atoms with Gasteiger partial charge in [-0.3, -0.25) is 14.4 Å². The van der Waals surface area contributed by atoms with Crippen LogP contribution in [0, 0.1) is 0 Å². The second kappa shape index (κ2) is 8.50. The number of amides is 3. The van der Waals surface area contributed by atoms with Crippen LogP contribution in [-0.4, -0.2) is 66.9 Å². The van der Waals surface area contributed by atoms with Crippen molar-refractivity contribution in [3.63, 3.8) is 0 Å². The van der Waals surface area contributed by atoms with Crippen LogP contribution in [0.1, 0.15) is 20.8 Å². The summed E-state index contributed by atoms with van der Waals surface area (Å²) in [5.74, 6) is 0.402. The highest BCUT2D eigenvalue weighted by molar-refractivity contribution is 5.97. The molecule has 25 heavy (non-hydrogen) atoms. The molecule has 0 spiro atoms. The summed E-state index contributed by atoms with van der Waals surface area (Å²) in [6.45, 7) is 7.34. The lowest BCUT2D eigenvalue weighted by Gasteiger charge is -2.34. The standard InChI is InChI=1S/C18H25N3O4/c1-14(2)25-17-6-4-16(5-7-17)21(15(3)23)12-18(24)20-10-8-19(13-22)9-11-20/h4-7,13-14H,8-12H2,1-3H3. The Morgan fingerprint density at radius 1 is 1.16 bits per heavy atom. The normalized spacial score (nSPS) is 14.4. The van der Waals surface area contributed by atoms with Gasteiger partial charge in [-0.2, -0.15) is 0 Å². The summed E-state index contributed by atoms with van der Waals surface area (Å²) < 4.78 is 5.59. The van der Waals surface area contributed by atoms with E-state index in [0.29, 0.717) is 31.9 Å². The van der Waals surface area contributed by atoms with Crippen LogP contribution in [0.4, 0.5) is 5.69 Å². The van der Waals surface area contributed by atoms with E-state index in [1.807, 2.05) is 13.8 Å². The molecule has 0 bridgehead atoms. The van der Waals surface area contributed by atoms with Crippen molar-refractivity contribution in [2.45, 2.75) is 26.9 Å². The fourth-order valence-corrected chi connectivity index (χ4v) is 2.67. The van der Waals surface area contributed by atoms with Crippen LogP contribution >= 0.6 is 0 Å². The number of ether oxygens (including phenoxy) is 1. The quantitative estimate of drug-likeness (QED) is 0.723. The molecule has 3 amide bonds. The van der Waals surface area contributed by atoms with Crippen LogP contribution in [0.15, 0.2) is 24.3 Å². The molecule has 2 rings (SSSR count). The Morgan fingerprint density at radius 2 is 1.76 bits per heavy atom. The van der Waals surface area contributed by atoms with Crippen LogP contribution in [0.5, 0.6) is 5.75 Å². The smallest absolute Gasteiger partial charge is 0.242 e. The molecule has 7 nitrogen and oxygen atoms in total. The first-order valence-corrected chi connectivity index (χ1v) is 8.42. The largest absolute Gasteiger partial charge is 0.491 e. The summed E-state index contributed by atoms with van der Waals surface area (Å²) in [6, 6.07) is 7.13. The zero-order valence-corrected chi connectivity index (χ0v) is 15.0. The van der Waals surface area contributed by atoms with Gasteiger partial charge in [-0.05, 0) is 38.1 Å². The lowest BCUT2D eigenvalue weighted by Crippen LogP contribution is -2.51. The number of hydrogen-bond donors (Lipinski definition) is 0. The molecule has 1 aromatic carbocycles. The zero-order chi connectivity index (χ0) is 18.4. The third-order valence-electron chi connectivity index (χ3n) is 4.01. The van der Waals surface area contributed by atoms with Gasteiger partial charge in [0.15, 0.2) is 0 Å². The maximum Gasteiger partial charge on any atom is 0.242 e. The third kappa shape index (κ3) is 5.20. The average molecular weight is 347 g/mol. The predicted octanol–water partition coefficient (Wildman–Crippen LogP) is 1.13. The number of rotatable bonds is 6. The molecule has 1 aliphatic heterocycles. The van der Waals surface area contributed by atoms with Crippen LogP contribution in [0.2, 0.25) is 0 Å². The predicted molar refractivity (Wildman–Crippen MR) is 94.5 cm³/mol. The maximum absolute atomic E-state index is 12.5. The second-order valence-electron chi connectivity index (χ2n) is 6.29. The number of carbonyl (C=O) groups excluding carboxylic acids is 3. The van der Waals surface area contributed by atoms with Gasteiger partial charge in [-0.1, -0.05) is 0 Å². The Hall–Kier alpha value is -2.57. The van der Waals surface area contributed by atoms with Crippen LogP contribution in [0.25, 0.3) is 0 Å². The van der Waals surface area contributed by atoms with Crippen molar-refractivity contribution >= 4 is 23.9 Å². The van der Waals surface area contributed by atoms with Crippen LogP contribution in [-0.2, 0) is 14.4 Å². The van der Waals surface area contributed by atoms with Crippen LogP contribution in [0.3, 0.4) is 0 Å². The summed E-state index contributed by atoms with van der Waals surface area (Å²) in [6.07, 6.45) is 0.867. The minimum absolute atomic E-state index is 0.0131. The van der Waals surface area contributed by atoms with Crippen molar-refractivity contribution in [1.29, 1.82) is 0 Å². The lowest BCUT2D eigenvalue weighted by molar-refractivity contribution is -0.134. The minimum atomic E-state index is -0.197. The maximum atomic E-state index is 12.5. The van der Waals surface area contributed by atoms with E-state index in [1.165, 1.54) is 11.8 Å².